The molecule has 6 nitrogen and oxygen atoms in total. The molecule has 2 heterocycles. The molecule has 0 N–H and O–H groups in total. The summed E-state index contributed by atoms with van der Waals surface area (Å²) in [5.41, 5.74) is 0.876. The Balaban J connectivity index is 1.75. The normalized spacial score (nSPS) is 25.8. The molecular weight excluding hydrogens is 308 g/mol. The second-order valence-electron chi connectivity index (χ2n) is 6.10. The molecule has 0 unspecified atom stereocenters. The van der Waals surface area contributed by atoms with Crippen molar-refractivity contribution in [3.63, 3.8) is 0 Å². The number of hydrogen-bond donors (Lipinski definition) is 0. The standard InChI is InChI=1S/C18H16N2O4/c21-17-18(11-4-12-24-18)16(19(17)14-5-2-1-3-6-14)13-7-9-15(10-8-13)20(22)23/h1-3,5-10,16H,4,11-12H2/t16-,18-/m1/s1. The lowest BCUT2D eigenvalue weighted by molar-refractivity contribution is -0.384. The monoisotopic (exact) mass is 324 g/mol. The summed E-state index contributed by atoms with van der Waals surface area (Å²) in [5.74, 6) is -0.0328. The summed E-state index contributed by atoms with van der Waals surface area (Å²) in [6, 6.07) is 15.6. The maximum atomic E-state index is 12.8. The van der Waals surface area contributed by atoms with Crippen molar-refractivity contribution in [3.05, 3.63) is 70.3 Å². The minimum atomic E-state index is -0.827. The van der Waals surface area contributed by atoms with Gasteiger partial charge in [-0.15, -0.1) is 0 Å². The van der Waals surface area contributed by atoms with E-state index in [2.05, 4.69) is 0 Å². The first-order valence-electron chi connectivity index (χ1n) is 7.90. The predicted molar refractivity (Wildman–Crippen MR) is 87.7 cm³/mol. The molecule has 2 aliphatic rings. The van der Waals surface area contributed by atoms with Gasteiger partial charge >= 0.3 is 0 Å². The Morgan fingerprint density at radius 1 is 1.12 bits per heavy atom. The third kappa shape index (κ3) is 2.03. The van der Waals surface area contributed by atoms with E-state index in [1.54, 1.807) is 17.0 Å². The summed E-state index contributed by atoms with van der Waals surface area (Å²) in [4.78, 5) is 25.0. The number of nitrogens with zero attached hydrogens (tertiary/aromatic N) is 2. The number of nitro benzene ring substituents is 1. The maximum absolute atomic E-state index is 12.8. The van der Waals surface area contributed by atoms with Crippen molar-refractivity contribution >= 4 is 17.3 Å². The number of rotatable bonds is 3. The van der Waals surface area contributed by atoms with E-state index in [0.717, 1.165) is 17.7 Å². The number of carbonyl (C=O) groups is 1. The van der Waals surface area contributed by atoms with Gasteiger partial charge in [0.15, 0.2) is 5.60 Å². The largest absolute Gasteiger partial charge is 0.363 e. The van der Waals surface area contributed by atoms with Crippen LogP contribution in [-0.2, 0) is 9.53 Å². The Morgan fingerprint density at radius 3 is 2.42 bits per heavy atom. The summed E-state index contributed by atoms with van der Waals surface area (Å²) < 4.78 is 5.86. The number of nitro groups is 1. The van der Waals surface area contributed by atoms with E-state index < -0.39 is 10.5 Å². The molecule has 2 fully saturated rings. The fourth-order valence-corrected chi connectivity index (χ4v) is 3.68. The molecule has 0 aromatic heterocycles. The zero-order valence-corrected chi connectivity index (χ0v) is 12.9. The van der Waals surface area contributed by atoms with Crippen LogP contribution in [-0.4, -0.2) is 23.0 Å². The first-order valence-corrected chi connectivity index (χ1v) is 7.90. The SMILES string of the molecule is O=C1N(c2ccccc2)[C@H](c2ccc([N+](=O)[O-])cc2)[C@]12CCCO2. The van der Waals surface area contributed by atoms with Gasteiger partial charge in [0.2, 0.25) is 0 Å². The van der Waals surface area contributed by atoms with Crippen LogP contribution in [0.3, 0.4) is 0 Å². The van der Waals surface area contributed by atoms with Gasteiger partial charge in [-0.2, -0.15) is 0 Å². The Hall–Kier alpha value is -2.73. The smallest absolute Gasteiger partial charge is 0.269 e. The lowest BCUT2D eigenvalue weighted by Crippen LogP contribution is -2.68. The van der Waals surface area contributed by atoms with Crippen LogP contribution in [0.1, 0.15) is 24.4 Å². The highest BCUT2D eigenvalue weighted by Crippen LogP contribution is 2.53. The van der Waals surface area contributed by atoms with E-state index in [0.29, 0.717) is 13.0 Å². The fraction of sp³-hybridized carbons (Fsp3) is 0.278. The Labute approximate surface area is 138 Å². The van der Waals surface area contributed by atoms with Crippen molar-refractivity contribution in [1.29, 1.82) is 0 Å². The van der Waals surface area contributed by atoms with E-state index in [1.165, 1.54) is 12.1 Å². The summed E-state index contributed by atoms with van der Waals surface area (Å²) >= 11 is 0. The highest BCUT2D eigenvalue weighted by Gasteiger charge is 2.64. The van der Waals surface area contributed by atoms with Crippen LogP contribution >= 0.6 is 0 Å². The second-order valence-corrected chi connectivity index (χ2v) is 6.10. The van der Waals surface area contributed by atoms with Crippen molar-refractivity contribution in [1.82, 2.24) is 0 Å². The van der Waals surface area contributed by atoms with Gasteiger partial charge < -0.3 is 4.74 Å². The molecule has 6 heteroatoms. The van der Waals surface area contributed by atoms with Crippen LogP contribution in [0, 0.1) is 10.1 Å². The molecule has 0 saturated carbocycles. The minimum Gasteiger partial charge on any atom is -0.363 e. The molecule has 1 amide bonds. The van der Waals surface area contributed by atoms with Crippen LogP contribution in [0.5, 0.6) is 0 Å². The van der Waals surface area contributed by atoms with E-state index in [9.17, 15) is 14.9 Å². The van der Waals surface area contributed by atoms with Crippen LogP contribution in [0.15, 0.2) is 54.6 Å². The third-order valence-corrected chi connectivity index (χ3v) is 4.79. The first-order chi connectivity index (χ1) is 11.6. The maximum Gasteiger partial charge on any atom is 0.269 e. The molecular formula is C18H16N2O4. The predicted octanol–water partition coefficient (Wildman–Crippen LogP) is 3.23. The van der Waals surface area contributed by atoms with Gasteiger partial charge in [-0.3, -0.25) is 19.8 Å². The number of benzene rings is 2. The van der Waals surface area contributed by atoms with Crippen LogP contribution in [0.25, 0.3) is 0 Å². The van der Waals surface area contributed by atoms with Crippen molar-refractivity contribution in [2.75, 3.05) is 11.5 Å². The molecule has 4 rings (SSSR count). The van der Waals surface area contributed by atoms with Gasteiger partial charge in [-0.05, 0) is 42.7 Å². The molecule has 0 radical (unpaired) electrons. The molecule has 0 bridgehead atoms. The highest BCUT2D eigenvalue weighted by atomic mass is 16.6. The first kappa shape index (κ1) is 14.8. The zero-order chi connectivity index (χ0) is 16.7. The molecule has 2 saturated heterocycles. The lowest BCUT2D eigenvalue weighted by Gasteiger charge is -2.53. The Bertz CT molecular complexity index is 782. The van der Waals surface area contributed by atoms with Crippen molar-refractivity contribution < 1.29 is 14.5 Å². The van der Waals surface area contributed by atoms with Gasteiger partial charge in [0, 0.05) is 24.4 Å². The molecule has 122 valence electrons. The summed E-state index contributed by atoms with van der Waals surface area (Å²) in [7, 11) is 0. The number of non-ortho nitro benzene ring substituents is 1. The number of anilines is 1. The molecule has 2 aliphatic heterocycles. The molecule has 1 spiro atoms. The summed E-state index contributed by atoms with van der Waals surface area (Å²) in [6.45, 7) is 0.567. The Kier molecular flexibility index (Phi) is 3.35. The number of amides is 1. The van der Waals surface area contributed by atoms with E-state index in [4.69, 9.17) is 4.74 Å². The molecule has 2 atom stereocenters. The van der Waals surface area contributed by atoms with Crippen molar-refractivity contribution in [3.8, 4) is 0 Å². The van der Waals surface area contributed by atoms with Crippen LogP contribution in [0.4, 0.5) is 11.4 Å². The topological polar surface area (TPSA) is 72.7 Å². The quantitative estimate of drug-likeness (QED) is 0.493. The Morgan fingerprint density at radius 2 is 1.83 bits per heavy atom. The molecule has 0 aliphatic carbocycles. The number of ether oxygens (including phenoxy) is 1. The number of β-lactam (4-membered cyclic amide) rings is 1. The van der Waals surface area contributed by atoms with Gasteiger partial charge in [-0.25, -0.2) is 0 Å². The van der Waals surface area contributed by atoms with Gasteiger partial charge in [0.25, 0.3) is 11.6 Å². The van der Waals surface area contributed by atoms with Crippen molar-refractivity contribution in [2.45, 2.75) is 24.5 Å². The van der Waals surface area contributed by atoms with Gasteiger partial charge in [0.05, 0.1) is 4.92 Å². The average Bonchev–Trinajstić information content (AvgIpc) is 3.12. The summed E-state index contributed by atoms with van der Waals surface area (Å²) in [6.07, 6.45) is 1.52. The molecule has 2 aromatic carbocycles. The zero-order valence-electron chi connectivity index (χ0n) is 12.9. The van der Waals surface area contributed by atoms with Crippen LogP contribution < -0.4 is 4.90 Å². The van der Waals surface area contributed by atoms with Crippen LogP contribution in [0.2, 0.25) is 0 Å². The highest BCUT2D eigenvalue weighted by molar-refractivity contribution is 6.08. The number of hydrogen-bond acceptors (Lipinski definition) is 4. The lowest BCUT2D eigenvalue weighted by atomic mass is 9.75. The van der Waals surface area contributed by atoms with E-state index >= 15 is 0 Å². The number of para-hydroxylation sites is 1. The second kappa shape index (κ2) is 5.42. The van der Waals surface area contributed by atoms with Gasteiger partial charge in [-0.1, -0.05) is 18.2 Å². The molecule has 2 aromatic rings. The van der Waals surface area contributed by atoms with Crippen molar-refractivity contribution in [2.24, 2.45) is 0 Å². The number of carbonyl (C=O) groups excluding carboxylic acids is 1. The average molecular weight is 324 g/mol. The fourth-order valence-electron chi connectivity index (χ4n) is 3.68. The third-order valence-electron chi connectivity index (χ3n) is 4.79. The van der Waals surface area contributed by atoms with E-state index in [1.807, 2.05) is 30.3 Å². The minimum absolute atomic E-state index is 0.0328. The molecule has 24 heavy (non-hydrogen) atoms. The summed E-state index contributed by atoms with van der Waals surface area (Å²) in [5, 5.41) is 10.9. The van der Waals surface area contributed by atoms with Gasteiger partial charge in [0.1, 0.15) is 6.04 Å². The van der Waals surface area contributed by atoms with E-state index in [-0.39, 0.29) is 17.6 Å².